The summed E-state index contributed by atoms with van der Waals surface area (Å²) in [6.45, 7) is 4.56. The van der Waals surface area contributed by atoms with E-state index in [1.165, 1.54) is 0 Å². The third kappa shape index (κ3) is 4.56. The SMILES string of the molecule is CCOC(=O)c1cccc(NC(=O)c2cc(-c3ccc(OCC)cc3)n[nH]2)c1. The lowest BCUT2D eigenvalue weighted by Gasteiger charge is -2.06. The maximum atomic E-state index is 12.5. The minimum Gasteiger partial charge on any atom is -0.494 e. The summed E-state index contributed by atoms with van der Waals surface area (Å²) >= 11 is 0. The fourth-order valence-electron chi connectivity index (χ4n) is 2.61. The molecule has 1 amide bonds. The molecule has 0 atom stereocenters. The predicted octanol–water partition coefficient (Wildman–Crippen LogP) is 3.90. The van der Waals surface area contributed by atoms with Crippen molar-refractivity contribution in [1.29, 1.82) is 0 Å². The molecule has 0 saturated heterocycles. The number of hydrogen-bond acceptors (Lipinski definition) is 5. The summed E-state index contributed by atoms with van der Waals surface area (Å²) in [5, 5.41) is 9.68. The second-order valence-corrected chi connectivity index (χ2v) is 5.88. The van der Waals surface area contributed by atoms with E-state index in [9.17, 15) is 9.59 Å². The highest BCUT2D eigenvalue weighted by Crippen LogP contribution is 2.22. The van der Waals surface area contributed by atoms with E-state index in [0.717, 1.165) is 11.3 Å². The van der Waals surface area contributed by atoms with Crippen molar-refractivity contribution in [3.05, 3.63) is 65.9 Å². The Labute approximate surface area is 162 Å². The summed E-state index contributed by atoms with van der Waals surface area (Å²) in [7, 11) is 0. The number of nitrogens with one attached hydrogen (secondary N) is 2. The average molecular weight is 379 g/mol. The zero-order chi connectivity index (χ0) is 19.9. The van der Waals surface area contributed by atoms with Crippen LogP contribution < -0.4 is 10.1 Å². The Morgan fingerprint density at radius 1 is 1.04 bits per heavy atom. The van der Waals surface area contributed by atoms with Gasteiger partial charge in [-0.25, -0.2) is 4.79 Å². The minimum absolute atomic E-state index is 0.290. The van der Waals surface area contributed by atoms with E-state index in [4.69, 9.17) is 9.47 Å². The predicted molar refractivity (Wildman–Crippen MR) is 106 cm³/mol. The lowest BCUT2D eigenvalue weighted by atomic mass is 10.1. The number of carbonyl (C=O) groups is 2. The zero-order valence-corrected chi connectivity index (χ0v) is 15.7. The van der Waals surface area contributed by atoms with Gasteiger partial charge in [0.1, 0.15) is 11.4 Å². The molecule has 1 aromatic heterocycles. The number of nitrogens with zero attached hydrogens (tertiary/aromatic N) is 1. The molecule has 0 fully saturated rings. The number of benzene rings is 2. The third-order valence-corrected chi connectivity index (χ3v) is 3.92. The Kier molecular flexibility index (Phi) is 6.06. The molecule has 28 heavy (non-hydrogen) atoms. The first-order chi connectivity index (χ1) is 13.6. The number of aromatic nitrogens is 2. The monoisotopic (exact) mass is 379 g/mol. The first kappa shape index (κ1) is 19.2. The lowest BCUT2D eigenvalue weighted by molar-refractivity contribution is 0.0526. The van der Waals surface area contributed by atoms with Crippen LogP contribution in [-0.2, 0) is 4.74 Å². The Bertz CT molecular complexity index is 964. The van der Waals surface area contributed by atoms with E-state index in [-0.39, 0.29) is 12.5 Å². The summed E-state index contributed by atoms with van der Waals surface area (Å²) in [5.41, 5.74) is 2.69. The van der Waals surface area contributed by atoms with Gasteiger partial charge in [-0.05, 0) is 62.4 Å². The molecular weight excluding hydrogens is 358 g/mol. The van der Waals surface area contributed by atoms with E-state index < -0.39 is 5.97 Å². The first-order valence-corrected chi connectivity index (χ1v) is 8.98. The minimum atomic E-state index is -0.432. The summed E-state index contributed by atoms with van der Waals surface area (Å²) in [6.07, 6.45) is 0. The number of aromatic amines is 1. The summed E-state index contributed by atoms with van der Waals surface area (Å²) < 4.78 is 10.4. The van der Waals surface area contributed by atoms with Crippen molar-refractivity contribution in [3.8, 4) is 17.0 Å². The van der Waals surface area contributed by atoms with E-state index in [2.05, 4.69) is 15.5 Å². The highest BCUT2D eigenvalue weighted by atomic mass is 16.5. The Balaban J connectivity index is 1.70. The fraction of sp³-hybridized carbons (Fsp3) is 0.190. The van der Waals surface area contributed by atoms with Gasteiger partial charge in [0.2, 0.25) is 0 Å². The van der Waals surface area contributed by atoms with Crippen LogP contribution in [0.25, 0.3) is 11.3 Å². The van der Waals surface area contributed by atoms with Gasteiger partial charge in [0.05, 0.1) is 24.5 Å². The average Bonchev–Trinajstić information content (AvgIpc) is 3.20. The number of carbonyl (C=O) groups excluding carboxylic acids is 2. The second kappa shape index (κ2) is 8.85. The van der Waals surface area contributed by atoms with Gasteiger partial charge in [0.25, 0.3) is 5.91 Å². The van der Waals surface area contributed by atoms with E-state index in [1.54, 1.807) is 37.3 Å². The molecular formula is C21H21N3O4. The molecule has 0 unspecified atom stereocenters. The van der Waals surface area contributed by atoms with Crippen LogP contribution in [0.3, 0.4) is 0 Å². The normalized spacial score (nSPS) is 10.4. The molecule has 0 spiro atoms. The van der Waals surface area contributed by atoms with Crippen LogP contribution in [0.5, 0.6) is 5.75 Å². The van der Waals surface area contributed by atoms with Crippen molar-refractivity contribution in [2.45, 2.75) is 13.8 Å². The molecule has 144 valence electrons. The number of rotatable bonds is 7. The smallest absolute Gasteiger partial charge is 0.338 e. The summed E-state index contributed by atoms with van der Waals surface area (Å²) in [4.78, 5) is 24.3. The van der Waals surface area contributed by atoms with Gasteiger partial charge in [0, 0.05) is 11.3 Å². The Hall–Kier alpha value is -3.61. The molecule has 3 rings (SSSR count). The van der Waals surface area contributed by atoms with Crippen molar-refractivity contribution >= 4 is 17.6 Å². The van der Waals surface area contributed by atoms with Gasteiger partial charge in [0.15, 0.2) is 0 Å². The highest BCUT2D eigenvalue weighted by Gasteiger charge is 2.13. The molecule has 7 heteroatoms. The number of amides is 1. The van der Waals surface area contributed by atoms with Crippen LogP contribution >= 0.6 is 0 Å². The zero-order valence-electron chi connectivity index (χ0n) is 15.7. The molecule has 0 bridgehead atoms. The molecule has 0 saturated carbocycles. The van der Waals surface area contributed by atoms with E-state index in [1.807, 2.05) is 31.2 Å². The number of hydrogen-bond donors (Lipinski definition) is 2. The number of anilines is 1. The quantitative estimate of drug-likeness (QED) is 0.607. The first-order valence-electron chi connectivity index (χ1n) is 8.98. The van der Waals surface area contributed by atoms with Gasteiger partial charge in [-0.2, -0.15) is 5.10 Å². The number of esters is 1. The summed E-state index contributed by atoms with van der Waals surface area (Å²) in [5.74, 6) is -0.00939. The van der Waals surface area contributed by atoms with Crippen LogP contribution in [0.2, 0.25) is 0 Å². The molecule has 1 heterocycles. The molecule has 0 aliphatic rings. The number of H-pyrrole nitrogens is 1. The highest BCUT2D eigenvalue weighted by molar-refractivity contribution is 6.04. The standard InChI is InChI=1S/C21H21N3O4/c1-3-27-17-10-8-14(9-11-17)18-13-19(24-23-18)20(25)22-16-7-5-6-15(12-16)21(26)28-4-2/h5-13H,3-4H2,1-2H3,(H,22,25)(H,23,24). The largest absolute Gasteiger partial charge is 0.494 e. The van der Waals surface area contributed by atoms with Crippen LogP contribution in [0.1, 0.15) is 34.7 Å². The number of ether oxygens (including phenoxy) is 2. The van der Waals surface area contributed by atoms with Crippen molar-refractivity contribution in [2.24, 2.45) is 0 Å². The van der Waals surface area contributed by atoms with Crippen LogP contribution in [-0.4, -0.2) is 35.3 Å². The molecule has 2 aromatic carbocycles. The molecule has 0 aliphatic heterocycles. The summed E-state index contributed by atoms with van der Waals surface area (Å²) in [6, 6.07) is 15.7. The third-order valence-electron chi connectivity index (χ3n) is 3.92. The second-order valence-electron chi connectivity index (χ2n) is 5.88. The van der Waals surface area contributed by atoms with Crippen molar-refractivity contribution in [1.82, 2.24) is 10.2 Å². The van der Waals surface area contributed by atoms with E-state index >= 15 is 0 Å². The van der Waals surface area contributed by atoms with Gasteiger partial charge >= 0.3 is 5.97 Å². The van der Waals surface area contributed by atoms with E-state index in [0.29, 0.717) is 29.2 Å². The van der Waals surface area contributed by atoms with Crippen LogP contribution in [0.4, 0.5) is 5.69 Å². The maximum Gasteiger partial charge on any atom is 0.338 e. The molecule has 0 radical (unpaired) electrons. The van der Waals surface area contributed by atoms with Crippen molar-refractivity contribution in [3.63, 3.8) is 0 Å². The maximum absolute atomic E-state index is 12.5. The molecule has 3 aromatic rings. The van der Waals surface area contributed by atoms with Crippen molar-refractivity contribution < 1.29 is 19.1 Å². The Morgan fingerprint density at radius 2 is 1.82 bits per heavy atom. The van der Waals surface area contributed by atoms with Gasteiger partial charge < -0.3 is 14.8 Å². The molecule has 7 nitrogen and oxygen atoms in total. The van der Waals surface area contributed by atoms with Gasteiger partial charge in [-0.1, -0.05) is 6.07 Å². The Morgan fingerprint density at radius 3 is 2.54 bits per heavy atom. The molecule has 2 N–H and O–H groups in total. The van der Waals surface area contributed by atoms with Crippen molar-refractivity contribution in [2.75, 3.05) is 18.5 Å². The molecule has 0 aliphatic carbocycles. The lowest BCUT2D eigenvalue weighted by Crippen LogP contribution is -2.13. The van der Waals surface area contributed by atoms with Gasteiger partial charge in [-0.3, -0.25) is 9.89 Å². The van der Waals surface area contributed by atoms with Crippen LogP contribution in [0, 0.1) is 0 Å². The van der Waals surface area contributed by atoms with Crippen LogP contribution in [0.15, 0.2) is 54.6 Å². The topological polar surface area (TPSA) is 93.3 Å². The van der Waals surface area contributed by atoms with Gasteiger partial charge in [-0.15, -0.1) is 0 Å². The fourth-order valence-corrected chi connectivity index (χ4v) is 2.61.